The van der Waals surface area contributed by atoms with E-state index in [2.05, 4.69) is 386 Å². The van der Waals surface area contributed by atoms with Gasteiger partial charge in [-0.2, -0.15) is 0 Å². The SMILES string of the molecule is Cc1nc(C(C)(C)NC(C)C)c(C)o1.Cc1nc(C(C)(C)NC(C)C)c(C)s1.Cc1nc(C(C)(C)NC(C)C)oc1C.Cc1nc(C(C)(C)NC(C)C)sc1C.Cc1nc(C)c(C(C)(C)NC(C)C)o1.Cc1nc(C)c(C(C)(C)NC(C)C)s1.Cc1noc(C(C)(C)NC(C)C)c1C.Cc1oc(C)c(C(C)(C)NC(C)C)c1C.Cc1onc(C(C)(C)NC(C)C)c1C. The van der Waals surface area contributed by atoms with E-state index in [-0.39, 0.29) is 49.9 Å². The molecule has 0 unspecified atom stereocenters. The Labute approximate surface area is 784 Å². The standard InChI is InChI=1S/C13H23NO.5C11H20N2O.3C11H20N2S/c1-8(2)14-13(6,7)12-9(3)10(4)15-11(12)5;1-7(2)13-11(5,6)10-8(3)14-9(4)12-10;1-7(2)13-11(5,6)10-8(3)12-9(4)14-10;1-7(2)13-11(5,6)10-12-8(3)9(4)14-10;1-7(2)12-11(5,6)10-8(3)9(4)14-13-10;1-7(2)12-11(5,6)10-8(3)9(4)13-14-10;1-7(2)13-11(5,6)10-8(3)14-9(4)12-10;1-7(2)13-11(5,6)10-8(3)12-9(4)14-10;1-7(2)13-11(5,6)10-12-8(3)9(4)14-10/h8,14H,1-7H3;3*7,13H,1-6H3;2*7,12H,1-6H3;3*7,13H,1-6H3. The molecular weight excluding hydrogens is 1640 g/mol. The maximum Gasteiger partial charge on any atom is 0.214 e. The second kappa shape index (κ2) is 49.6. The highest BCUT2D eigenvalue weighted by Crippen LogP contribution is 2.36. The van der Waals surface area contributed by atoms with Crippen molar-refractivity contribution in [2.75, 3.05) is 0 Å². The fourth-order valence-corrected chi connectivity index (χ4v) is 19.7. The van der Waals surface area contributed by atoms with Gasteiger partial charge in [0.25, 0.3) is 0 Å². The van der Waals surface area contributed by atoms with Crippen LogP contribution < -0.4 is 47.9 Å². The molecule has 0 fully saturated rings. The highest BCUT2D eigenvalue weighted by atomic mass is 32.1. The molecule has 9 heterocycles. The van der Waals surface area contributed by atoms with E-state index in [1.807, 2.05) is 83.1 Å². The lowest BCUT2D eigenvalue weighted by Gasteiger charge is -2.29. The van der Waals surface area contributed by atoms with Crippen molar-refractivity contribution < 1.29 is 26.7 Å². The van der Waals surface area contributed by atoms with Gasteiger partial charge in [-0.25, -0.2) is 29.9 Å². The summed E-state index contributed by atoms with van der Waals surface area (Å²) in [6.45, 7) is 116. The Morgan fingerprint density at radius 2 is 0.646 bits per heavy atom. The topological polar surface area (TPSA) is 290 Å². The summed E-state index contributed by atoms with van der Waals surface area (Å²) in [7, 11) is 0. The third-order valence-electron chi connectivity index (χ3n) is 20.6. The number of thiazole rings is 3. The number of hydrogen-bond donors (Lipinski definition) is 9. The van der Waals surface area contributed by atoms with Gasteiger partial charge in [0.1, 0.15) is 51.0 Å². The van der Waals surface area contributed by atoms with E-state index in [0.717, 1.165) is 119 Å². The zero-order chi connectivity index (χ0) is 99.2. The molecule has 0 aliphatic carbocycles. The molecule has 26 heteroatoms. The van der Waals surface area contributed by atoms with Gasteiger partial charge in [-0.1, -0.05) is 79.6 Å². The molecule has 0 aliphatic heterocycles. The summed E-state index contributed by atoms with van der Waals surface area (Å²) < 4.78 is 32.8. The van der Waals surface area contributed by atoms with Crippen LogP contribution in [0.3, 0.4) is 0 Å². The lowest BCUT2D eigenvalue weighted by atomic mass is 9.90. The van der Waals surface area contributed by atoms with Crippen LogP contribution >= 0.6 is 34.0 Å². The van der Waals surface area contributed by atoms with Crippen molar-refractivity contribution in [3.8, 4) is 0 Å². The Bertz CT molecular complexity index is 4230. The van der Waals surface area contributed by atoms with E-state index >= 15 is 0 Å². The first-order valence-corrected chi connectivity index (χ1v) is 48.5. The number of hydrogen-bond acceptors (Lipinski definition) is 26. The molecule has 127 heavy (non-hydrogen) atoms. The molecule has 0 bridgehead atoms. The van der Waals surface area contributed by atoms with Crippen molar-refractivity contribution in [1.82, 2.24) is 88.1 Å². The first kappa shape index (κ1) is 119. The van der Waals surface area contributed by atoms with Crippen LogP contribution in [0.2, 0.25) is 0 Å². The van der Waals surface area contributed by atoms with Gasteiger partial charge in [0.05, 0.1) is 83.0 Å². The number of nitrogens with one attached hydrogen (secondary N) is 9. The lowest BCUT2D eigenvalue weighted by molar-refractivity contribution is 0.261. The maximum absolute atomic E-state index is 5.67. The second-order valence-electron chi connectivity index (χ2n) is 41.9. The number of aryl methyl sites for hydroxylation is 16. The Balaban J connectivity index is 0.000000714. The van der Waals surface area contributed by atoms with Crippen LogP contribution in [0.1, 0.15) is 405 Å². The molecule has 0 spiro atoms. The van der Waals surface area contributed by atoms with Crippen LogP contribution in [0.5, 0.6) is 0 Å². The van der Waals surface area contributed by atoms with Crippen molar-refractivity contribution in [3.05, 3.63) is 155 Å². The minimum Gasteiger partial charge on any atom is -0.466 e. The number of oxazole rings is 3. The predicted molar refractivity (Wildman–Crippen MR) is 539 cm³/mol. The summed E-state index contributed by atoms with van der Waals surface area (Å²) in [6, 6.07) is 4.05. The van der Waals surface area contributed by atoms with E-state index in [1.54, 1.807) is 34.0 Å². The van der Waals surface area contributed by atoms with Crippen molar-refractivity contribution in [1.29, 1.82) is 0 Å². The number of furan rings is 1. The molecule has 9 N–H and O–H groups in total. The number of nitrogens with zero attached hydrogens (tertiary/aromatic N) is 8. The van der Waals surface area contributed by atoms with Gasteiger partial charge in [0.15, 0.2) is 17.5 Å². The van der Waals surface area contributed by atoms with Crippen LogP contribution in [-0.4, -0.2) is 94.6 Å². The van der Waals surface area contributed by atoms with E-state index in [4.69, 9.17) is 26.7 Å². The van der Waals surface area contributed by atoms with Gasteiger partial charge in [-0.05, 0) is 303 Å². The van der Waals surface area contributed by atoms with Crippen LogP contribution in [0.4, 0.5) is 0 Å². The molecule has 23 nitrogen and oxygen atoms in total. The Hall–Kier alpha value is -6.14. The normalized spacial score (nSPS) is 12.5. The summed E-state index contributed by atoms with van der Waals surface area (Å²) in [5.74, 6) is 8.86. The fourth-order valence-electron chi connectivity index (χ4n) is 16.7. The van der Waals surface area contributed by atoms with Crippen LogP contribution in [0.25, 0.3) is 0 Å². The van der Waals surface area contributed by atoms with Crippen molar-refractivity contribution in [2.24, 2.45) is 0 Å². The van der Waals surface area contributed by atoms with Gasteiger partial charge in [0.2, 0.25) is 5.89 Å². The first-order valence-electron chi connectivity index (χ1n) is 46.0. The second-order valence-corrected chi connectivity index (χ2v) is 45.7. The molecule has 0 saturated heterocycles. The van der Waals surface area contributed by atoms with Gasteiger partial charge in [-0.3, -0.25) is 0 Å². The van der Waals surface area contributed by atoms with E-state index < -0.39 is 0 Å². The summed E-state index contributed by atoms with van der Waals surface area (Å²) in [4.78, 5) is 30.7. The third kappa shape index (κ3) is 38.9. The fraction of sp³-hybridized carbons (Fsp3) is 0.723. The molecular formula is C101H183N17O6S3. The van der Waals surface area contributed by atoms with Crippen molar-refractivity contribution in [3.63, 3.8) is 0 Å². The summed E-state index contributed by atoms with van der Waals surface area (Å²) >= 11 is 5.35. The maximum atomic E-state index is 5.67. The quantitative estimate of drug-likeness (QED) is 0.0231. The third-order valence-corrected chi connectivity index (χ3v) is 24.2. The molecule has 726 valence electrons. The van der Waals surface area contributed by atoms with Crippen molar-refractivity contribution in [2.45, 2.75) is 485 Å². The molecule has 0 amide bonds. The Morgan fingerprint density at radius 1 is 0.244 bits per heavy atom. The number of rotatable bonds is 27. The molecule has 0 radical (unpaired) electrons. The molecule has 9 aromatic heterocycles. The summed E-state index contributed by atoms with van der Waals surface area (Å²) in [6.07, 6.45) is 0. The zero-order valence-electron chi connectivity index (χ0n) is 90.4. The zero-order valence-corrected chi connectivity index (χ0v) is 92.9. The van der Waals surface area contributed by atoms with Crippen LogP contribution in [-0.2, 0) is 49.9 Å². The summed E-state index contributed by atoms with van der Waals surface area (Å²) in [5, 5.41) is 43.0. The van der Waals surface area contributed by atoms with Crippen LogP contribution in [0, 0.1) is 132 Å². The minimum absolute atomic E-state index is 0.0160. The lowest BCUT2D eigenvalue weighted by Crippen LogP contribution is -2.41. The van der Waals surface area contributed by atoms with Crippen molar-refractivity contribution >= 4 is 34.0 Å². The average Bonchev–Trinajstić information content (AvgIpc) is 1.64. The molecule has 0 atom stereocenters. The van der Waals surface area contributed by atoms with Crippen LogP contribution in [0.15, 0.2) is 26.7 Å². The molecule has 9 rings (SSSR count). The highest BCUT2D eigenvalue weighted by Gasteiger charge is 2.35. The summed E-state index contributed by atoms with van der Waals surface area (Å²) in [5.41, 5.74) is 12.5. The molecule has 0 aliphatic rings. The van der Waals surface area contributed by atoms with Gasteiger partial charge < -0.3 is 74.6 Å². The predicted octanol–water partition coefficient (Wildman–Crippen LogP) is 25.0. The highest BCUT2D eigenvalue weighted by molar-refractivity contribution is 7.12. The Morgan fingerprint density at radius 3 is 0.976 bits per heavy atom. The average molecular weight is 1830 g/mol. The smallest absolute Gasteiger partial charge is 0.214 e. The molecule has 9 aromatic rings. The van der Waals surface area contributed by atoms with Gasteiger partial charge in [-0.15, -0.1) is 34.0 Å². The molecule has 0 aromatic carbocycles. The monoisotopic (exact) mass is 1830 g/mol. The van der Waals surface area contributed by atoms with E-state index in [1.165, 1.54) is 36.5 Å². The number of aromatic nitrogens is 8. The largest absolute Gasteiger partial charge is 0.466 e. The van der Waals surface area contributed by atoms with E-state index in [0.29, 0.717) is 54.4 Å². The minimum atomic E-state index is -0.201. The first-order chi connectivity index (χ1) is 57.4. The van der Waals surface area contributed by atoms with E-state index in [9.17, 15) is 0 Å². The van der Waals surface area contributed by atoms with Gasteiger partial charge in [0, 0.05) is 111 Å². The van der Waals surface area contributed by atoms with Gasteiger partial charge >= 0.3 is 0 Å². The Kier molecular flexibility index (Phi) is 46.4. The molecule has 0 saturated carbocycles.